The number of hydrogen-bond donors (Lipinski definition) is 7. The molecule has 0 aromatic carbocycles. The standard InChI is InChI=1S/C20H35N5O8/c1-4-11(26)8-17(29)23-13(9-16(22)28)19(31)24-12(5-6-15(21)27)18(30)25-14(20(32)33)7-10(2)3/h10-14,26H,4-9H2,1-3H3,(H2,21,27)(H2,22,28)(H,23,29)(H,24,31)(H,25,30)(H,32,33)/t11-,12+,13+,14+/m1/s1. The molecule has 0 fully saturated rings. The number of carbonyl (C=O) groups excluding carboxylic acids is 5. The summed E-state index contributed by atoms with van der Waals surface area (Å²) in [6.07, 6.45) is -1.99. The third-order valence-electron chi connectivity index (χ3n) is 4.58. The zero-order chi connectivity index (χ0) is 25.7. The van der Waals surface area contributed by atoms with Crippen molar-refractivity contribution in [3.63, 3.8) is 0 Å². The number of carboxylic acids is 1. The van der Waals surface area contributed by atoms with Gasteiger partial charge >= 0.3 is 5.97 Å². The molecule has 4 atom stereocenters. The highest BCUT2D eigenvalue weighted by Gasteiger charge is 2.31. The first-order valence-electron chi connectivity index (χ1n) is 10.6. The van der Waals surface area contributed by atoms with Gasteiger partial charge in [-0.3, -0.25) is 24.0 Å². The lowest BCUT2D eigenvalue weighted by Crippen LogP contribution is -2.56. The van der Waals surface area contributed by atoms with Crippen LogP contribution in [-0.4, -0.2) is 69.9 Å². The van der Waals surface area contributed by atoms with Crippen molar-refractivity contribution in [2.24, 2.45) is 17.4 Å². The normalized spacial score (nSPS) is 14.5. The lowest BCUT2D eigenvalue weighted by Gasteiger charge is -2.24. The zero-order valence-electron chi connectivity index (χ0n) is 19.1. The Hall–Kier alpha value is -3.22. The summed E-state index contributed by atoms with van der Waals surface area (Å²) in [6.45, 7) is 5.18. The quantitative estimate of drug-likeness (QED) is 0.130. The van der Waals surface area contributed by atoms with Gasteiger partial charge in [0, 0.05) is 6.42 Å². The smallest absolute Gasteiger partial charge is 0.326 e. The van der Waals surface area contributed by atoms with Crippen LogP contribution in [0, 0.1) is 5.92 Å². The molecule has 0 spiro atoms. The second-order valence-electron chi connectivity index (χ2n) is 8.15. The molecule has 0 aliphatic heterocycles. The molecule has 0 radical (unpaired) electrons. The minimum atomic E-state index is -1.45. The maximum absolute atomic E-state index is 12.7. The van der Waals surface area contributed by atoms with Gasteiger partial charge < -0.3 is 37.6 Å². The van der Waals surface area contributed by atoms with E-state index in [1.807, 2.05) is 0 Å². The van der Waals surface area contributed by atoms with Crippen molar-refractivity contribution in [2.45, 2.75) is 83.5 Å². The number of nitrogens with two attached hydrogens (primary N) is 2. The summed E-state index contributed by atoms with van der Waals surface area (Å²) >= 11 is 0. The van der Waals surface area contributed by atoms with E-state index in [0.29, 0.717) is 0 Å². The van der Waals surface area contributed by atoms with Gasteiger partial charge in [0.15, 0.2) is 0 Å². The highest BCUT2D eigenvalue weighted by atomic mass is 16.4. The van der Waals surface area contributed by atoms with Crippen LogP contribution in [0.15, 0.2) is 0 Å². The third kappa shape index (κ3) is 13.0. The van der Waals surface area contributed by atoms with Gasteiger partial charge in [0.2, 0.25) is 29.5 Å². The lowest BCUT2D eigenvalue weighted by atomic mass is 10.0. The van der Waals surface area contributed by atoms with Crippen LogP contribution in [0.4, 0.5) is 0 Å². The SMILES string of the molecule is CC[C@@H](O)CC(=O)N[C@@H](CC(N)=O)C(=O)N[C@@H](CCC(N)=O)C(=O)N[C@@H](CC(C)C)C(=O)O. The molecule has 0 unspecified atom stereocenters. The van der Waals surface area contributed by atoms with Crippen LogP contribution >= 0.6 is 0 Å². The maximum atomic E-state index is 12.7. The van der Waals surface area contributed by atoms with Gasteiger partial charge in [0.25, 0.3) is 0 Å². The Labute approximate surface area is 192 Å². The van der Waals surface area contributed by atoms with Crippen LogP contribution in [-0.2, 0) is 28.8 Å². The molecular weight excluding hydrogens is 438 g/mol. The monoisotopic (exact) mass is 473 g/mol. The minimum absolute atomic E-state index is 0.0568. The van der Waals surface area contributed by atoms with E-state index in [2.05, 4.69) is 16.0 Å². The summed E-state index contributed by atoms with van der Waals surface area (Å²) < 4.78 is 0. The van der Waals surface area contributed by atoms with Gasteiger partial charge in [-0.25, -0.2) is 4.79 Å². The van der Waals surface area contributed by atoms with E-state index in [9.17, 15) is 39.0 Å². The fourth-order valence-electron chi connectivity index (χ4n) is 2.81. The van der Waals surface area contributed by atoms with Crippen LogP contribution in [0.3, 0.4) is 0 Å². The fraction of sp³-hybridized carbons (Fsp3) is 0.700. The van der Waals surface area contributed by atoms with E-state index in [4.69, 9.17) is 11.5 Å². The average Bonchev–Trinajstić information content (AvgIpc) is 2.68. The van der Waals surface area contributed by atoms with E-state index in [-0.39, 0.29) is 38.0 Å². The lowest BCUT2D eigenvalue weighted by molar-refractivity contribution is -0.143. The Morgan fingerprint density at radius 1 is 0.818 bits per heavy atom. The molecule has 0 aromatic rings. The molecule has 0 heterocycles. The summed E-state index contributed by atoms with van der Waals surface area (Å²) in [5.74, 6) is -5.53. The Balaban J connectivity index is 5.52. The Morgan fingerprint density at radius 3 is 1.82 bits per heavy atom. The Morgan fingerprint density at radius 2 is 1.36 bits per heavy atom. The van der Waals surface area contributed by atoms with Gasteiger partial charge in [0.1, 0.15) is 18.1 Å². The molecule has 5 amide bonds. The van der Waals surface area contributed by atoms with Gasteiger partial charge in [-0.1, -0.05) is 20.8 Å². The second kappa shape index (κ2) is 14.8. The molecule has 13 heteroatoms. The number of aliphatic carboxylic acids is 1. The van der Waals surface area contributed by atoms with Crippen molar-refractivity contribution >= 4 is 35.5 Å². The highest BCUT2D eigenvalue weighted by Crippen LogP contribution is 2.07. The van der Waals surface area contributed by atoms with Crippen molar-refractivity contribution < 1.29 is 39.0 Å². The molecule has 0 aliphatic rings. The number of primary amides is 2. The zero-order valence-corrected chi connectivity index (χ0v) is 19.1. The molecule has 13 nitrogen and oxygen atoms in total. The predicted molar refractivity (Wildman–Crippen MR) is 116 cm³/mol. The molecule has 0 saturated heterocycles. The molecule has 0 aromatic heterocycles. The molecule has 33 heavy (non-hydrogen) atoms. The van der Waals surface area contributed by atoms with Crippen LogP contribution in [0.25, 0.3) is 0 Å². The van der Waals surface area contributed by atoms with Crippen LogP contribution < -0.4 is 27.4 Å². The van der Waals surface area contributed by atoms with E-state index in [1.54, 1.807) is 20.8 Å². The first-order valence-corrected chi connectivity index (χ1v) is 10.6. The average molecular weight is 474 g/mol. The molecule has 0 bridgehead atoms. The summed E-state index contributed by atoms with van der Waals surface area (Å²) in [5, 5.41) is 25.8. The summed E-state index contributed by atoms with van der Waals surface area (Å²) in [6, 6.07) is -4.05. The number of carbonyl (C=O) groups is 6. The minimum Gasteiger partial charge on any atom is -0.480 e. The molecule has 0 rings (SSSR count). The number of amides is 5. The first-order chi connectivity index (χ1) is 15.3. The molecule has 0 saturated carbocycles. The molecule has 0 aliphatic carbocycles. The van der Waals surface area contributed by atoms with E-state index < -0.39 is 66.2 Å². The fourth-order valence-corrected chi connectivity index (χ4v) is 2.81. The number of aliphatic hydroxyl groups is 1. The molecular formula is C20H35N5O8. The predicted octanol–water partition coefficient (Wildman–Crippen LogP) is -2.13. The summed E-state index contributed by atoms with van der Waals surface area (Å²) in [7, 11) is 0. The van der Waals surface area contributed by atoms with Gasteiger partial charge in [0.05, 0.1) is 18.9 Å². The number of carboxylic acid groups (broad SMARTS) is 1. The molecule has 188 valence electrons. The van der Waals surface area contributed by atoms with E-state index >= 15 is 0 Å². The van der Waals surface area contributed by atoms with Gasteiger partial charge in [-0.2, -0.15) is 0 Å². The van der Waals surface area contributed by atoms with Crippen LogP contribution in [0.5, 0.6) is 0 Å². The number of nitrogens with one attached hydrogen (secondary N) is 3. The maximum Gasteiger partial charge on any atom is 0.326 e. The third-order valence-corrected chi connectivity index (χ3v) is 4.58. The first kappa shape index (κ1) is 29.8. The largest absolute Gasteiger partial charge is 0.480 e. The van der Waals surface area contributed by atoms with Crippen molar-refractivity contribution in [3.05, 3.63) is 0 Å². The van der Waals surface area contributed by atoms with Gasteiger partial charge in [-0.05, 0) is 25.2 Å². The van der Waals surface area contributed by atoms with E-state index in [1.165, 1.54) is 0 Å². The van der Waals surface area contributed by atoms with E-state index in [0.717, 1.165) is 0 Å². The topological polar surface area (TPSA) is 231 Å². The van der Waals surface area contributed by atoms with Crippen molar-refractivity contribution in [1.82, 2.24) is 16.0 Å². The van der Waals surface area contributed by atoms with Crippen molar-refractivity contribution in [3.8, 4) is 0 Å². The van der Waals surface area contributed by atoms with Crippen LogP contribution in [0.2, 0.25) is 0 Å². The number of rotatable bonds is 16. The number of aliphatic hydroxyl groups excluding tert-OH is 1. The van der Waals surface area contributed by atoms with Crippen molar-refractivity contribution in [1.29, 1.82) is 0 Å². The second-order valence-corrected chi connectivity index (χ2v) is 8.15. The Kier molecular flexibility index (Phi) is 13.3. The summed E-state index contributed by atoms with van der Waals surface area (Å²) in [4.78, 5) is 71.5. The highest BCUT2D eigenvalue weighted by molar-refractivity contribution is 5.95. The molecule has 9 N–H and O–H groups in total. The van der Waals surface area contributed by atoms with Gasteiger partial charge in [-0.15, -0.1) is 0 Å². The van der Waals surface area contributed by atoms with Crippen LogP contribution in [0.1, 0.15) is 59.3 Å². The number of hydrogen-bond acceptors (Lipinski definition) is 7. The van der Waals surface area contributed by atoms with Crippen molar-refractivity contribution in [2.75, 3.05) is 0 Å². The summed E-state index contributed by atoms with van der Waals surface area (Å²) in [5.41, 5.74) is 10.3. The Bertz CT molecular complexity index is 727.